The summed E-state index contributed by atoms with van der Waals surface area (Å²) in [6.07, 6.45) is 4.35. The van der Waals surface area contributed by atoms with Crippen molar-refractivity contribution in [2.75, 3.05) is 6.54 Å². The van der Waals surface area contributed by atoms with E-state index in [0.29, 0.717) is 41.8 Å². The van der Waals surface area contributed by atoms with Crippen molar-refractivity contribution in [3.8, 4) is 0 Å². The van der Waals surface area contributed by atoms with Crippen LogP contribution in [-0.4, -0.2) is 26.9 Å². The van der Waals surface area contributed by atoms with Crippen LogP contribution in [0.3, 0.4) is 0 Å². The first-order valence-electron chi connectivity index (χ1n) is 11.9. The number of amides is 1. The summed E-state index contributed by atoms with van der Waals surface area (Å²) >= 11 is 0. The second-order valence-corrected chi connectivity index (χ2v) is 8.27. The zero-order valence-corrected chi connectivity index (χ0v) is 19.8. The van der Waals surface area contributed by atoms with Crippen molar-refractivity contribution in [3.05, 3.63) is 75.8 Å². The first-order chi connectivity index (χ1) is 15.5. The minimum absolute atomic E-state index is 0.00147. The Labute approximate surface area is 191 Å². The van der Waals surface area contributed by atoms with Crippen LogP contribution >= 0.6 is 0 Å². The molecule has 0 spiro atoms. The highest BCUT2D eigenvalue weighted by Crippen LogP contribution is 2.26. The van der Waals surface area contributed by atoms with Gasteiger partial charge in [-0.2, -0.15) is 0 Å². The summed E-state index contributed by atoms with van der Waals surface area (Å²) in [6.45, 7) is 9.58. The van der Waals surface area contributed by atoms with E-state index in [2.05, 4.69) is 27.7 Å². The van der Waals surface area contributed by atoms with Crippen LogP contribution in [-0.2, 0) is 13.0 Å². The summed E-state index contributed by atoms with van der Waals surface area (Å²) in [6, 6.07) is 15.1. The van der Waals surface area contributed by atoms with Crippen molar-refractivity contribution in [1.82, 2.24) is 14.5 Å². The molecule has 0 aliphatic carbocycles. The summed E-state index contributed by atoms with van der Waals surface area (Å²) in [5.41, 5.74) is 2.55. The number of aromatic nitrogens is 2. The van der Waals surface area contributed by atoms with Gasteiger partial charge in [-0.1, -0.05) is 58.4 Å². The van der Waals surface area contributed by atoms with Crippen LogP contribution in [0.15, 0.2) is 53.3 Å². The molecular weight excluding hydrogens is 398 g/mol. The van der Waals surface area contributed by atoms with Gasteiger partial charge in [-0.3, -0.25) is 14.2 Å². The second-order valence-electron chi connectivity index (χ2n) is 8.27. The highest BCUT2D eigenvalue weighted by atomic mass is 16.2. The largest absolute Gasteiger partial charge is 0.328 e. The van der Waals surface area contributed by atoms with E-state index in [9.17, 15) is 9.59 Å². The number of benzene rings is 2. The molecule has 32 heavy (non-hydrogen) atoms. The predicted molar refractivity (Wildman–Crippen MR) is 131 cm³/mol. The quantitative estimate of drug-likeness (QED) is 0.408. The second kappa shape index (κ2) is 11.1. The van der Waals surface area contributed by atoms with Gasteiger partial charge in [0.15, 0.2) is 0 Å². The fourth-order valence-corrected chi connectivity index (χ4v) is 4.20. The first kappa shape index (κ1) is 23.7. The van der Waals surface area contributed by atoms with Gasteiger partial charge in [-0.15, -0.1) is 0 Å². The van der Waals surface area contributed by atoms with E-state index in [4.69, 9.17) is 4.98 Å². The number of para-hydroxylation sites is 1. The molecular formula is C27H35N3O2. The van der Waals surface area contributed by atoms with Crippen molar-refractivity contribution >= 4 is 16.8 Å². The van der Waals surface area contributed by atoms with Crippen LogP contribution < -0.4 is 5.56 Å². The lowest BCUT2D eigenvalue weighted by atomic mass is 10.1. The van der Waals surface area contributed by atoms with Crippen LogP contribution in [0.25, 0.3) is 10.9 Å². The fraction of sp³-hybridized carbons (Fsp3) is 0.444. The molecule has 0 aliphatic heterocycles. The smallest absolute Gasteiger partial charge is 0.261 e. The summed E-state index contributed by atoms with van der Waals surface area (Å²) in [5.74, 6) is 0.686. The van der Waals surface area contributed by atoms with E-state index in [0.717, 1.165) is 25.7 Å². The van der Waals surface area contributed by atoms with Gasteiger partial charge in [0.05, 0.1) is 16.9 Å². The molecule has 3 aromatic rings. The number of carbonyl (C=O) groups is 1. The van der Waals surface area contributed by atoms with Crippen molar-refractivity contribution < 1.29 is 4.79 Å². The maximum absolute atomic E-state index is 13.7. The van der Waals surface area contributed by atoms with Crippen LogP contribution in [0.1, 0.15) is 81.2 Å². The Morgan fingerprint density at radius 2 is 1.72 bits per heavy atom. The molecule has 2 aromatic carbocycles. The van der Waals surface area contributed by atoms with Gasteiger partial charge in [-0.05, 0) is 55.5 Å². The molecule has 0 aliphatic rings. The number of nitrogens with zero attached hydrogens (tertiary/aromatic N) is 3. The highest BCUT2D eigenvalue weighted by molar-refractivity contribution is 5.94. The van der Waals surface area contributed by atoms with Crippen LogP contribution in [0.5, 0.6) is 0 Å². The number of unbranched alkanes of at least 4 members (excludes halogenated alkanes) is 1. The molecule has 5 nitrogen and oxygen atoms in total. The molecule has 1 heterocycles. The van der Waals surface area contributed by atoms with Crippen molar-refractivity contribution in [2.24, 2.45) is 0 Å². The van der Waals surface area contributed by atoms with E-state index in [1.165, 1.54) is 5.56 Å². The predicted octanol–water partition coefficient (Wildman–Crippen LogP) is 5.76. The zero-order chi connectivity index (χ0) is 23.1. The van der Waals surface area contributed by atoms with Gasteiger partial charge in [0.25, 0.3) is 11.5 Å². The summed E-state index contributed by atoms with van der Waals surface area (Å²) in [4.78, 5) is 33.8. The zero-order valence-electron chi connectivity index (χ0n) is 19.8. The standard InChI is InChI=1S/C27H35N3O2/c1-5-9-19-29(26(31)21-16-14-20(7-3)15-17-21)24(8-4)25-28-23-13-11-10-12-22(23)27(32)30(25)18-6-2/h10-17,24H,5-9,18-19H2,1-4H3. The Morgan fingerprint density at radius 1 is 1.00 bits per heavy atom. The monoisotopic (exact) mass is 433 g/mol. The number of carbonyl (C=O) groups excluding carboxylic acids is 1. The number of fused-ring (bicyclic) bond motifs is 1. The van der Waals surface area contributed by atoms with Gasteiger partial charge < -0.3 is 4.90 Å². The number of aryl methyl sites for hydroxylation is 1. The molecule has 1 unspecified atom stereocenters. The van der Waals surface area contributed by atoms with Crippen LogP contribution in [0.2, 0.25) is 0 Å². The van der Waals surface area contributed by atoms with Gasteiger partial charge in [0.2, 0.25) is 0 Å². The fourth-order valence-electron chi connectivity index (χ4n) is 4.20. The Kier molecular flexibility index (Phi) is 8.20. The SMILES string of the molecule is CCCCN(C(=O)c1ccc(CC)cc1)C(CC)c1nc2ccccc2c(=O)n1CCC. The summed E-state index contributed by atoms with van der Waals surface area (Å²) in [5, 5.41) is 0.626. The summed E-state index contributed by atoms with van der Waals surface area (Å²) in [7, 11) is 0. The molecule has 3 rings (SSSR count). The van der Waals surface area contributed by atoms with Crippen molar-refractivity contribution in [1.29, 1.82) is 0 Å². The molecule has 170 valence electrons. The van der Waals surface area contributed by atoms with Crippen LogP contribution in [0, 0.1) is 0 Å². The lowest BCUT2D eigenvalue weighted by Gasteiger charge is -2.32. The number of hydrogen-bond donors (Lipinski definition) is 0. The maximum Gasteiger partial charge on any atom is 0.261 e. The molecule has 0 fully saturated rings. The molecule has 0 radical (unpaired) electrons. The van der Waals surface area contributed by atoms with Gasteiger partial charge in [0, 0.05) is 18.7 Å². The first-order valence-corrected chi connectivity index (χ1v) is 11.9. The van der Waals surface area contributed by atoms with E-state index in [1.807, 2.05) is 53.4 Å². The molecule has 1 amide bonds. The molecule has 0 saturated carbocycles. The Morgan fingerprint density at radius 3 is 2.34 bits per heavy atom. The minimum atomic E-state index is -0.260. The normalized spacial score (nSPS) is 12.1. The third kappa shape index (κ3) is 4.93. The molecule has 0 N–H and O–H groups in total. The Balaban J connectivity index is 2.12. The van der Waals surface area contributed by atoms with Crippen molar-refractivity contribution in [3.63, 3.8) is 0 Å². The molecule has 1 aromatic heterocycles. The average molecular weight is 434 g/mol. The Hall–Kier alpha value is -2.95. The van der Waals surface area contributed by atoms with E-state index >= 15 is 0 Å². The Bertz CT molecular complexity index is 1100. The highest BCUT2D eigenvalue weighted by Gasteiger charge is 2.28. The maximum atomic E-state index is 13.7. The molecule has 0 bridgehead atoms. The van der Waals surface area contributed by atoms with Crippen molar-refractivity contribution in [2.45, 2.75) is 72.4 Å². The minimum Gasteiger partial charge on any atom is -0.328 e. The van der Waals surface area contributed by atoms with Crippen LogP contribution in [0.4, 0.5) is 0 Å². The number of rotatable bonds is 10. The third-order valence-electron chi connectivity index (χ3n) is 6.02. The van der Waals surface area contributed by atoms with Gasteiger partial charge >= 0.3 is 0 Å². The van der Waals surface area contributed by atoms with Gasteiger partial charge in [-0.25, -0.2) is 4.98 Å². The number of hydrogen-bond acceptors (Lipinski definition) is 3. The van der Waals surface area contributed by atoms with E-state index in [1.54, 1.807) is 4.57 Å². The lowest BCUT2D eigenvalue weighted by molar-refractivity contribution is 0.0653. The third-order valence-corrected chi connectivity index (χ3v) is 6.02. The summed E-state index contributed by atoms with van der Waals surface area (Å²) < 4.78 is 1.78. The molecule has 0 saturated heterocycles. The van der Waals surface area contributed by atoms with Gasteiger partial charge in [0.1, 0.15) is 5.82 Å². The average Bonchev–Trinajstić information content (AvgIpc) is 2.83. The van der Waals surface area contributed by atoms with E-state index < -0.39 is 0 Å². The topological polar surface area (TPSA) is 55.2 Å². The molecule has 1 atom stereocenters. The van der Waals surface area contributed by atoms with E-state index in [-0.39, 0.29) is 17.5 Å². The lowest BCUT2D eigenvalue weighted by Crippen LogP contribution is -2.39. The molecule has 5 heteroatoms.